The van der Waals surface area contributed by atoms with E-state index in [-0.39, 0.29) is 0 Å². The van der Waals surface area contributed by atoms with Gasteiger partial charge in [0.15, 0.2) is 11.6 Å². The smallest absolute Gasteiger partial charge is 0.400 e. The van der Waals surface area contributed by atoms with Crippen LogP contribution in [0.1, 0.15) is 0 Å². The van der Waals surface area contributed by atoms with E-state index in [1.807, 2.05) is 5.43 Å². The summed E-state index contributed by atoms with van der Waals surface area (Å²) < 4.78 is 54.1. The van der Waals surface area contributed by atoms with Crippen molar-refractivity contribution in [2.45, 2.75) is 6.36 Å². The molecule has 4 N–H and O–H groups in total. The second-order valence-corrected chi connectivity index (χ2v) is 3.68. The first-order valence-electron chi connectivity index (χ1n) is 5.37. The third-order valence-electron chi connectivity index (χ3n) is 2.14. The lowest BCUT2D eigenvalue weighted by atomic mass is 10.2. The van der Waals surface area contributed by atoms with Gasteiger partial charge in [-0.3, -0.25) is 20.9 Å². The van der Waals surface area contributed by atoms with Gasteiger partial charge in [0.25, 0.3) is 0 Å². The van der Waals surface area contributed by atoms with Crippen molar-refractivity contribution in [1.29, 1.82) is 10.7 Å². The number of nitrogens with two attached hydrogens (primary N) is 1. The summed E-state index contributed by atoms with van der Waals surface area (Å²) in [6, 6.07) is 2.60. The summed E-state index contributed by atoms with van der Waals surface area (Å²) in [5.41, 5.74) is 4.06. The summed E-state index contributed by atoms with van der Waals surface area (Å²) >= 11 is 0. The second kappa shape index (κ2) is 6.56. The molecule has 9 nitrogen and oxygen atoms in total. The highest BCUT2D eigenvalue weighted by molar-refractivity contribution is 6.45. The van der Waals surface area contributed by atoms with Gasteiger partial charge in [-0.2, -0.15) is 14.8 Å². The number of rotatable bonds is 5. The molecule has 0 aliphatic carbocycles. The summed E-state index contributed by atoms with van der Waals surface area (Å²) in [5.74, 6) is -4.24. The van der Waals surface area contributed by atoms with Gasteiger partial charge in [0.1, 0.15) is 11.8 Å². The Morgan fingerprint density at radius 1 is 1.52 bits per heavy atom. The van der Waals surface area contributed by atoms with Crippen LogP contribution < -0.4 is 15.9 Å². The number of halogens is 4. The Labute approximate surface area is 124 Å². The fourth-order valence-electron chi connectivity index (χ4n) is 1.25. The van der Waals surface area contributed by atoms with E-state index in [2.05, 4.69) is 9.84 Å². The van der Waals surface area contributed by atoms with Crippen LogP contribution in [-0.2, 0) is 0 Å². The van der Waals surface area contributed by atoms with Crippen molar-refractivity contribution in [3.63, 3.8) is 0 Å². The van der Waals surface area contributed by atoms with E-state index in [9.17, 15) is 27.7 Å². The number of hydrogen-bond acceptors (Lipinski definition) is 7. The molecule has 0 radical (unpaired) electrons. The van der Waals surface area contributed by atoms with Crippen molar-refractivity contribution in [2.75, 3.05) is 5.43 Å². The molecule has 0 saturated heterocycles. The van der Waals surface area contributed by atoms with Crippen LogP contribution in [0, 0.1) is 32.7 Å². The van der Waals surface area contributed by atoms with E-state index >= 15 is 0 Å². The van der Waals surface area contributed by atoms with Crippen molar-refractivity contribution < 1.29 is 27.2 Å². The highest BCUT2D eigenvalue weighted by Crippen LogP contribution is 2.37. The molecule has 0 atom stereocenters. The third kappa shape index (κ3) is 4.52. The molecule has 0 aliphatic heterocycles. The molecule has 0 bridgehead atoms. The maximum absolute atomic E-state index is 13.8. The molecule has 0 heterocycles. The van der Waals surface area contributed by atoms with Crippen molar-refractivity contribution >= 4 is 22.9 Å². The first kappa shape index (κ1) is 17.6. The number of nitrogens with one attached hydrogen (secondary N) is 2. The van der Waals surface area contributed by atoms with Crippen LogP contribution in [0.25, 0.3) is 0 Å². The van der Waals surface area contributed by atoms with Crippen LogP contribution in [0.15, 0.2) is 17.2 Å². The molecular weight excluding hydrogens is 328 g/mol. The molecule has 0 aromatic heterocycles. The maximum Gasteiger partial charge on any atom is 0.573 e. The Balaban J connectivity index is 3.37. The molecule has 0 saturated carbocycles. The van der Waals surface area contributed by atoms with Gasteiger partial charge in [-0.15, -0.1) is 13.2 Å². The minimum atomic E-state index is -5.34. The Hall–Kier alpha value is -3.43. The molecule has 1 aromatic rings. The first-order valence-corrected chi connectivity index (χ1v) is 5.37. The lowest BCUT2D eigenvalue weighted by Gasteiger charge is -2.13. The molecule has 0 spiro atoms. The lowest BCUT2D eigenvalue weighted by molar-refractivity contribution is -0.387. The van der Waals surface area contributed by atoms with Crippen LogP contribution in [0.5, 0.6) is 5.75 Å². The van der Waals surface area contributed by atoms with Gasteiger partial charge in [-0.05, 0) is 6.07 Å². The Morgan fingerprint density at radius 2 is 2.13 bits per heavy atom. The van der Waals surface area contributed by atoms with E-state index in [1.165, 1.54) is 6.07 Å². The number of nitro groups is 1. The molecule has 122 valence electrons. The van der Waals surface area contributed by atoms with Crippen molar-refractivity contribution in [3.05, 3.63) is 28.1 Å². The second-order valence-electron chi connectivity index (χ2n) is 3.68. The fraction of sp³-hybridized carbons (Fsp3) is 0.100. The van der Waals surface area contributed by atoms with Crippen LogP contribution >= 0.6 is 0 Å². The zero-order chi connectivity index (χ0) is 17.8. The normalized spacial score (nSPS) is 11.5. The monoisotopic (exact) mass is 334 g/mol. The standard InChI is InChI=1S/C10H6F4N6O3/c11-7-6(20(21)22)2-1-4(8(7)23-10(12,13)14)18-19-5(3-15)9(16)17/h1-2,18H,(H3,16,17)/b19-5+. The number of nitriles is 1. The number of hydrogen-bond donors (Lipinski definition) is 3. The van der Waals surface area contributed by atoms with Gasteiger partial charge >= 0.3 is 12.0 Å². The zero-order valence-electron chi connectivity index (χ0n) is 10.8. The number of ether oxygens (including phenoxy) is 1. The molecule has 0 amide bonds. The molecule has 1 aromatic carbocycles. The topological polar surface area (TPSA) is 150 Å². The number of alkyl halides is 3. The predicted octanol–water partition coefficient (Wildman–Crippen LogP) is 1.86. The molecule has 0 unspecified atom stereocenters. The van der Waals surface area contributed by atoms with Crippen LogP contribution in [0.2, 0.25) is 0 Å². The van der Waals surface area contributed by atoms with Crippen LogP contribution in [-0.4, -0.2) is 22.8 Å². The number of nitrogens with zero attached hydrogens (tertiary/aromatic N) is 3. The van der Waals surface area contributed by atoms with Gasteiger partial charge in [0.05, 0.1) is 4.92 Å². The maximum atomic E-state index is 13.8. The number of anilines is 1. The van der Waals surface area contributed by atoms with E-state index in [4.69, 9.17) is 16.4 Å². The first-order chi connectivity index (χ1) is 10.6. The van der Waals surface area contributed by atoms with Gasteiger partial charge in [-0.25, -0.2) is 0 Å². The Bertz CT molecular complexity index is 725. The average molecular weight is 334 g/mol. The summed E-state index contributed by atoms with van der Waals surface area (Å²) in [5, 5.41) is 29.3. The lowest BCUT2D eigenvalue weighted by Crippen LogP contribution is -2.22. The SMILES string of the molecule is N#C/C(=N\Nc1ccc([N+](=O)[O-])c(F)c1OC(F)(F)F)C(=N)N. The van der Waals surface area contributed by atoms with E-state index < -0.39 is 45.8 Å². The molecule has 13 heteroatoms. The van der Waals surface area contributed by atoms with E-state index in [1.54, 1.807) is 0 Å². The number of hydrazone groups is 1. The average Bonchev–Trinajstić information content (AvgIpc) is 2.40. The molecule has 0 aliphatic rings. The highest BCUT2D eigenvalue weighted by Gasteiger charge is 2.36. The number of amidine groups is 1. The fourth-order valence-corrected chi connectivity index (χ4v) is 1.25. The molecule has 23 heavy (non-hydrogen) atoms. The van der Waals surface area contributed by atoms with Gasteiger partial charge in [-0.1, -0.05) is 0 Å². The van der Waals surface area contributed by atoms with Crippen molar-refractivity contribution in [1.82, 2.24) is 0 Å². The summed E-state index contributed by atoms with van der Waals surface area (Å²) in [6.45, 7) is 0. The van der Waals surface area contributed by atoms with E-state index in [0.717, 1.165) is 0 Å². The highest BCUT2D eigenvalue weighted by atomic mass is 19.4. The molecular formula is C10H6F4N6O3. The number of nitro benzene ring substituents is 1. The number of benzene rings is 1. The summed E-state index contributed by atoms with van der Waals surface area (Å²) in [6.07, 6.45) is -5.34. The predicted molar refractivity (Wildman–Crippen MR) is 68.3 cm³/mol. The van der Waals surface area contributed by atoms with Gasteiger partial charge in [0, 0.05) is 6.07 Å². The Kier molecular flexibility index (Phi) is 5.02. The summed E-state index contributed by atoms with van der Waals surface area (Å²) in [4.78, 5) is 9.30. The van der Waals surface area contributed by atoms with Crippen molar-refractivity contribution in [2.24, 2.45) is 10.8 Å². The van der Waals surface area contributed by atoms with Gasteiger partial charge in [0.2, 0.25) is 11.5 Å². The quantitative estimate of drug-likeness (QED) is 0.246. The zero-order valence-corrected chi connectivity index (χ0v) is 10.8. The van der Waals surface area contributed by atoms with Crippen LogP contribution in [0.4, 0.5) is 28.9 Å². The Morgan fingerprint density at radius 3 is 2.57 bits per heavy atom. The third-order valence-corrected chi connectivity index (χ3v) is 2.14. The largest absolute Gasteiger partial charge is 0.573 e. The van der Waals surface area contributed by atoms with Crippen LogP contribution in [0.3, 0.4) is 0 Å². The minimum Gasteiger partial charge on any atom is -0.400 e. The molecule has 1 rings (SSSR count). The van der Waals surface area contributed by atoms with Gasteiger partial charge < -0.3 is 10.5 Å². The van der Waals surface area contributed by atoms with E-state index in [0.29, 0.717) is 12.1 Å². The molecule has 0 fully saturated rings. The summed E-state index contributed by atoms with van der Waals surface area (Å²) in [7, 11) is 0. The van der Waals surface area contributed by atoms with Crippen molar-refractivity contribution in [3.8, 4) is 11.8 Å². The minimum absolute atomic E-state index is 0.566.